The highest BCUT2D eigenvalue weighted by atomic mass is 35.5. The summed E-state index contributed by atoms with van der Waals surface area (Å²) in [5.41, 5.74) is 3.79. The van der Waals surface area contributed by atoms with E-state index in [0.717, 1.165) is 12.0 Å². The second-order valence-electron chi connectivity index (χ2n) is 12.1. The van der Waals surface area contributed by atoms with Gasteiger partial charge in [0.15, 0.2) is 11.6 Å². The number of anilines is 2. The SMILES string of the molecule is COc1nc(-c2ccnc(-c3cccc(Nc4nccc(CNC5CCS(=O)(=O)CC5)c4F)c3Cl)c2Cl)ccc1CNC[C@H]1CCC(=O)N1. The Balaban J connectivity index is 1.18. The lowest BCUT2D eigenvalue weighted by Gasteiger charge is -2.23. The number of ether oxygens (including phenoxy) is 1. The molecule has 0 spiro atoms. The molecular weight excluding hydrogens is 692 g/mol. The average Bonchev–Trinajstić information content (AvgIpc) is 3.51. The molecule has 2 saturated heterocycles. The number of methoxy groups -OCH3 is 1. The van der Waals surface area contributed by atoms with Crippen LogP contribution in [0.3, 0.4) is 0 Å². The third kappa shape index (κ3) is 8.30. The summed E-state index contributed by atoms with van der Waals surface area (Å²) < 4.78 is 44.6. The number of nitrogens with one attached hydrogen (secondary N) is 4. The molecule has 0 radical (unpaired) electrons. The molecule has 0 saturated carbocycles. The summed E-state index contributed by atoms with van der Waals surface area (Å²) in [7, 11) is -1.43. The van der Waals surface area contributed by atoms with Gasteiger partial charge in [-0.2, -0.15) is 0 Å². The number of halogens is 3. The van der Waals surface area contributed by atoms with Crippen LogP contribution in [0.25, 0.3) is 22.5 Å². The predicted molar refractivity (Wildman–Crippen MR) is 188 cm³/mol. The van der Waals surface area contributed by atoms with Crippen molar-refractivity contribution in [3.63, 3.8) is 0 Å². The van der Waals surface area contributed by atoms with Crippen molar-refractivity contribution in [1.29, 1.82) is 0 Å². The van der Waals surface area contributed by atoms with E-state index in [1.54, 1.807) is 43.6 Å². The normalized spacial score (nSPS) is 17.6. The third-order valence-corrected chi connectivity index (χ3v) is 11.2. The van der Waals surface area contributed by atoms with Crippen molar-refractivity contribution >= 4 is 50.5 Å². The van der Waals surface area contributed by atoms with Crippen molar-refractivity contribution in [3.05, 3.63) is 81.8 Å². The topological polar surface area (TPSA) is 147 Å². The van der Waals surface area contributed by atoms with E-state index in [-0.39, 0.29) is 46.9 Å². The van der Waals surface area contributed by atoms with E-state index >= 15 is 4.39 Å². The highest BCUT2D eigenvalue weighted by Gasteiger charge is 2.24. The maximum absolute atomic E-state index is 15.6. The number of aromatic nitrogens is 3. The first-order chi connectivity index (χ1) is 23.6. The molecule has 0 unspecified atom stereocenters. The Hall–Kier alpha value is -3.88. The summed E-state index contributed by atoms with van der Waals surface area (Å²) in [5.74, 6) is 0.236. The van der Waals surface area contributed by atoms with E-state index in [9.17, 15) is 13.2 Å². The molecule has 2 fully saturated rings. The third-order valence-electron chi connectivity index (χ3n) is 8.70. The van der Waals surface area contributed by atoms with Crippen LogP contribution in [-0.2, 0) is 27.7 Å². The van der Waals surface area contributed by atoms with Crippen molar-refractivity contribution in [2.75, 3.05) is 30.5 Å². The number of sulfone groups is 1. The van der Waals surface area contributed by atoms with Gasteiger partial charge in [-0.05, 0) is 43.5 Å². The van der Waals surface area contributed by atoms with Crippen LogP contribution in [0.15, 0.2) is 54.9 Å². The van der Waals surface area contributed by atoms with Crippen molar-refractivity contribution in [2.45, 2.75) is 50.9 Å². The summed E-state index contributed by atoms with van der Waals surface area (Å²) in [6.07, 6.45) is 5.47. The van der Waals surface area contributed by atoms with Crippen molar-refractivity contribution < 1.29 is 22.3 Å². The zero-order valence-electron chi connectivity index (χ0n) is 26.7. The second-order valence-corrected chi connectivity index (χ2v) is 15.1. The molecule has 49 heavy (non-hydrogen) atoms. The lowest BCUT2D eigenvalue weighted by molar-refractivity contribution is -0.119. The molecular formula is C34H36Cl2FN7O4S. The first-order valence-corrected chi connectivity index (χ1v) is 18.5. The molecule has 2 aliphatic rings. The smallest absolute Gasteiger partial charge is 0.220 e. The molecule has 15 heteroatoms. The fourth-order valence-electron chi connectivity index (χ4n) is 5.97. The van der Waals surface area contributed by atoms with Gasteiger partial charge < -0.3 is 26.0 Å². The molecule has 1 amide bonds. The monoisotopic (exact) mass is 727 g/mol. The van der Waals surface area contributed by atoms with E-state index in [2.05, 4.69) is 31.2 Å². The molecule has 0 bridgehead atoms. The zero-order chi connectivity index (χ0) is 34.5. The second kappa shape index (κ2) is 15.3. The lowest BCUT2D eigenvalue weighted by atomic mass is 10.1. The number of rotatable bonds is 12. The summed E-state index contributed by atoms with van der Waals surface area (Å²) >= 11 is 13.8. The van der Waals surface area contributed by atoms with E-state index in [1.807, 2.05) is 12.1 Å². The van der Waals surface area contributed by atoms with Crippen LogP contribution >= 0.6 is 23.2 Å². The van der Waals surface area contributed by atoms with Gasteiger partial charge in [0, 0.05) is 72.8 Å². The standard InChI is InChI=1S/C34H36Cl2FN7O4S/c1-48-34-21(17-38-19-23-6-8-28(45)42-23)5-7-26(44-34)24-10-14-39-32(30(24)36)25-3-2-4-27(29(25)35)43-33-31(37)20(9-13-40-33)18-41-22-11-15-49(46,47)16-12-22/h2-5,7,9-10,13-14,22-23,38,41H,6,8,11-12,15-19H2,1H3,(H,40,43)(H,42,45)/t23-/m1/s1. The van der Waals surface area contributed by atoms with E-state index in [0.29, 0.717) is 77.0 Å². The number of hydrogen-bond donors (Lipinski definition) is 4. The fourth-order valence-corrected chi connectivity index (χ4v) is 8.03. The van der Waals surface area contributed by atoms with Crippen molar-refractivity contribution in [1.82, 2.24) is 30.9 Å². The van der Waals surface area contributed by atoms with Gasteiger partial charge in [-0.25, -0.2) is 22.8 Å². The van der Waals surface area contributed by atoms with Gasteiger partial charge in [-0.3, -0.25) is 9.78 Å². The minimum atomic E-state index is -2.99. The molecule has 0 aliphatic carbocycles. The summed E-state index contributed by atoms with van der Waals surface area (Å²) in [6.45, 7) is 1.38. The summed E-state index contributed by atoms with van der Waals surface area (Å²) in [6, 6.07) is 12.5. The van der Waals surface area contributed by atoms with E-state index in [1.165, 1.54) is 6.20 Å². The average molecular weight is 729 g/mol. The van der Waals surface area contributed by atoms with Crippen LogP contribution in [0.4, 0.5) is 15.9 Å². The maximum atomic E-state index is 15.6. The molecule has 1 aromatic carbocycles. The Morgan fingerprint density at radius 3 is 2.51 bits per heavy atom. The van der Waals surface area contributed by atoms with Gasteiger partial charge in [-0.1, -0.05) is 41.4 Å². The van der Waals surface area contributed by atoms with Crippen LogP contribution in [-0.4, -0.2) is 66.5 Å². The first kappa shape index (κ1) is 35.0. The Morgan fingerprint density at radius 1 is 0.959 bits per heavy atom. The summed E-state index contributed by atoms with van der Waals surface area (Å²) in [4.78, 5) is 24.9. The van der Waals surface area contributed by atoms with Gasteiger partial charge in [0.2, 0.25) is 11.8 Å². The molecule has 11 nitrogen and oxygen atoms in total. The number of nitrogens with zero attached hydrogens (tertiary/aromatic N) is 3. The number of benzene rings is 1. The fraction of sp³-hybridized carbons (Fsp3) is 0.353. The number of amides is 1. The van der Waals surface area contributed by atoms with Gasteiger partial charge in [0.05, 0.1) is 45.7 Å². The van der Waals surface area contributed by atoms with Crippen LogP contribution in [0.5, 0.6) is 5.88 Å². The number of pyridine rings is 3. The van der Waals surface area contributed by atoms with Gasteiger partial charge in [0.1, 0.15) is 9.84 Å². The van der Waals surface area contributed by atoms with Crippen molar-refractivity contribution in [3.8, 4) is 28.4 Å². The molecule has 4 N–H and O–H groups in total. The minimum Gasteiger partial charge on any atom is -0.481 e. The Bertz CT molecular complexity index is 1950. The zero-order valence-corrected chi connectivity index (χ0v) is 29.1. The van der Waals surface area contributed by atoms with Gasteiger partial charge in [0.25, 0.3) is 0 Å². The predicted octanol–water partition coefficient (Wildman–Crippen LogP) is 5.44. The highest BCUT2D eigenvalue weighted by Crippen LogP contribution is 2.41. The van der Waals surface area contributed by atoms with Crippen LogP contribution in [0.2, 0.25) is 10.0 Å². The van der Waals surface area contributed by atoms with E-state index in [4.69, 9.17) is 32.9 Å². The quantitative estimate of drug-likeness (QED) is 0.149. The molecule has 5 heterocycles. The summed E-state index contributed by atoms with van der Waals surface area (Å²) in [5, 5.41) is 13.2. The molecule has 6 rings (SSSR count). The molecule has 2 aliphatic heterocycles. The lowest BCUT2D eigenvalue weighted by Crippen LogP contribution is -2.37. The maximum Gasteiger partial charge on any atom is 0.220 e. The molecule has 3 aromatic heterocycles. The van der Waals surface area contributed by atoms with Crippen LogP contribution in [0, 0.1) is 5.82 Å². The Morgan fingerprint density at radius 2 is 1.76 bits per heavy atom. The van der Waals surface area contributed by atoms with E-state index < -0.39 is 15.7 Å². The number of carbonyl (C=O) groups is 1. The molecule has 258 valence electrons. The highest BCUT2D eigenvalue weighted by molar-refractivity contribution is 7.91. The largest absolute Gasteiger partial charge is 0.481 e. The first-order valence-electron chi connectivity index (χ1n) is 15.9. The number of carbonyl (C=O) groups excluding carboxylic acids is 1. The minimum absolute atomic E-state index is 0.00347. The van der Waals surface area contributed by atoms with Gasteiger partial charge in [-0.15, -0.1) is 0 Å². The van der Waals surface area contributed by atoms with Crippen molar-refractivity contribution in [2.24, 2.45) is 0 Å². The Kier molecular flexibility index (Phi) is 10.9. The molecule has 1 atom stereocenters. The Labute approximate surface area is 294 Å². The molecule has 4 aromatic rings. The van der Waals surface area contributed by atoms with Crippen LogP contribution < -0.4 is 26.0 Å². The van der Waals surface area contributed by atoms with Gasteiger partial charge >= 0.3 is 0 Å². The van der Waals surface area contributed by atoms with Crippen LogP contribution in [0.1, 0.15) is 36.8 Å². The number of hydrogen-bond acceptors (Lipinski definition) is 10.